The number of nitrogens with zero attached hydrogens (tertiary/aromatic N) is 1. The van der Waals surface area contributed by atoms with Crippen molar-refractivity contribution < 1.29 is 0 Å². The first-order valence-electron chi connectivity index (χ1n) is 6.85. The molecule has 0 bridgehead atoms. The Morgan fingerprint density at radius 3 is 1.89 bits per heavy atom. The van der Waals surface area contributed by atoms with Crippen LogP contribution < -0.4 is 0 Å². The molecule has 3 aromatic rings. The van der Waals surface area contributed by atoms with Crippen LogP contribution in [0, 0.1) is 5.41 Å². The maximum Gasteiger partial charge on any atom is 0.0491 e. The smallest absolute Gasteiger partial charge is 0.0491 e. The Morgan fingerprint density at radius 1 is 0.895 bits per heavy atom. The topological polar surface area (TPSA) is 4.93 Å². The van der Waals surface area contributed by atoms with E-state index in [4.69, 9.17) is 0 Å². The van der Waals surface area contributed by atoms with E-state index >= 15 is 0 Å². The van der Waals surface area contributed by atoms with Gasteiger partial charge in [-0.1, -0.05) is 52.3 Å². The highest BCUT2D eigenvalue weighted by Gasteiger charge is 2.42. The number of benzene rings is 2. The number of aromatic nitrogens is 1. The van der Waals surface area contributed by atoms with Gasteiger partial charge in [-0.15, -0.1) is 0 Å². The number of halogens is 1. The largest absolute Gasteiger partial charge is 0.340 e. The predicted octanol–water partition coefficient (Wildman–Crippen LogP) is 4.97. The number of para-hydroxylation sites is 2. The van der Waals surface area contributed by atoms with Crippen molar-refractivity contribution >= 4 is 37.7 Å². The second-order valence-electron chi connectivity index (χ2n) is 5.75. The SMILES string of the molecule is BrCC1(Cn2c3ccccc3c3ccccc32)CC1. The van der Waals surface area contributed by atoms with Crippen LogP contribution >= 0.6 is 15.9 Å². The van der Waals surface area contributed by atoms with E-state index in [1.165, 1.54) is 34.6 Å². The molecule has 1 aliphatic carbocycles. The van der Waals surface area contributed by atoms with Gasteiger partial charge in [0.15, 0.2) is 0 Å². The Hall–Kier alpha value is -1.28. The van der Waals surface area contributed by atoms with E-state index in [1.54, 1.807) is 0 Å². The molecule has 1 aromatic heterocycles. The minimum atomic E-state index is 0.491. The molecule has 1 heterocycles. The van der Waals surface area contributed by atoms with Crippen LogP contribution in [-0.2, 0) is 6.54 Å². The van der Waals surface area contributed by atoms with Crippen LogP contribution in [0.25, 0.3) is 21.8 Å². The fourth-order valence-corrected chi connectivity index (χ4v) is 3.76. The molecule has 4 rings (SSSR count). The third-order valence-corrected chi connectivity index (χ3v) is 5.60. The standard InChI is InChI=1S/C17H16BrN/c18-11-17(9-10-17)12-19-15-7-3-1-5-13(15)14-6-2-4-8-16(14)19/h1-8H,9-12H2. The number of hydrogen-bond acceptors (Lipinski definition) is 0. The molecule has 96 valence electrons. The lowest BCUT2D eigenvalue weighted by Gasteiger charge is -2.15. The van der Waals surface area contributed by atoms with E-state index in [9.17, 15) is 0 Å². The molecule has 0 saturated heterocycles. The molecule has 19 heavy (non-hydrogen) atoms. The van der Waals surface area contributed by atoms with E-state index in [-0.39, 0.29) is 0 Å². The molecule has 0 unspecified atom stereocenters. The first kappa shape index (κ1) is 11.5. The summed E-state index contributed by atoms with van der Waals surface area (Å²) >= 11 is 3.69. The van der Waals surface area contributed by atoms with Gasteiger partial charge in [-0.3, -0.25) is 0 Å². The summed E-state index contributed by atoms with van der Waals surface area (Å²) in [7, 11) is 0. The highest BCUT2D eigenvalue weighted by atomic mass is 79.9. The summed E-state index contributed by atoms with van der Waals surface area (Å²) in [5.41, 5.74) is 3.23. The van der Waals surface area contributed by atoms with Crippen LogP contribution in [0.15, 0.2) is 48.5 Å². The van der Waals surface area contributed by atoms with Crippen LogP contribution in [0.1, 0.15) is 12.8 Å². The molecular weight excluding hydrogens is 298 g/mol. The summed E-state index contributed by atoms with van der Waals surface area (Å²) in [4.78, 5) is 0. The van der Waals surface area contributed by atoms with Crippen LogP contribution in [0.3, 0.4) is 0 Å². The van der Waals surface area contributed by atoms with Gasteiger partial charge in [-0.25, -0.2) is 0 Å². The van der Waals surface area contributed by atoms with E-state index in [2.05, 4.69) is 69.0 Å². The molecule has 0 aliphatic heterocycles. The fraction of sp³-hybridized carbons (Fsp3) is 0.294. The van der Waals surface area contributed by atoms with E-state index < -0.39 is 0 Å². The first-order chi connectivity index (χ1) is 9.33. The lowest BCUT2D eigenvalue weighted by atomic mass is 10.1. The molecule has 1 nitrogen and oxygen atoms in total. The van der Waals surface area contributed by atoms with Crippen molar-refractivity contribution in [2.24, 2.45) is 5.41 Å². The minimum Gasteiger partial charge on any atom is -0.340 e. The van der Waals surface area contributed by atoms with Crippen LogP contribution in [0.5, 0.6) is 0 Å². The number of alkyl halides is 1. The Bertz CT molecular complexity index is 699. The normalized spacial score (nSPS) is 17.1. The second kappa shape index (κ2) is 4.11. The molecule has 2 heteroatoms. The molecular formula is C17H16BrN. The maximum atomic E-state index is 3.69. The number of hydrogen-bond donors (Lipinski definition) is 0. The average Bonchev–Trinajstić information content (AvgIpc) is 3.19. The van der Waals surface area contributed by atoms with Gasteiger partial charge in [0.05, 0.1) is 0 Å². The predicted molar refractivity (Wildman–Crippen MR) is 84.9 cm³/mol. The highest BCUT2D eigenvalue weighted by molar-refractivity contribution is 9.09. The molecule has 0 spiro atoms. The van der Waals surface area contributed by atoms with Crippen molar-refractivity contribution in [1.82, 2.24) is 4.57 Å². The first-order valence-corrected chi connectivity index (χ1v) is 7.97. The van der Waals surface area contributed by atoms with E-state index in [0.29, 0.717) is 5.41 Å². The van der Waals surface area contributed by atoms with Gasteiger partial charge in [0.25, 0.3) is 0 Å². The van der Waals surface area contributed by atoms with Crippen LogP contribution in [0.4, 0.5) is 0 Å². The number of fused-ring (bicyclic) bond motifs is 3. The second-order valence-corrected chi connectivity index (χ2v) is 6.31. The van der Waals surface area contributed by atoms with Crippen molar-refractivity contribution in [3.8, 4) is 0 Å². The third-order valence-electron chi connectivity index (χ3n) is 4.41. The molecule has 1 fully saturated rings. The van der Waals surface area contributed by atoms with Crippen molar-refractivity contribution in [3.05, 3.63) is 48.5 Å². The lowest BCUT2D eigenvalue weighted by Crippen LogP contribution is -2.12. The van der Waals surface area contributed by atoms with Crippen LogP contribution in [0.2, 0.25) is 0 Å². The molecule has 2 aromatic carbocycles. The Morgan fingerprint density at radius 2 is 1.42 bits per heavy atom. The monoisotopic (exact) mass is 313 g/mol. The van der Waals surface area contributed by atoms with E-state index in [0.717, 1.165) is 11.9 Å². The lowest BCUT2D eigenvalue weighted by molar-refractivity contribution is 0.495. The summed E-state index contributed by atoms with van der Waals surface area (Å²) in [5.74, 6) is 0. The fourth-order valence-electron chi connectivity index (χ4n) is 3.02. The van der Waals surface area contributed by atoms with Crippen LogP contribution in [-0.4, -0.2) is 9.90 Å². The van der Waals surface area contributed by atoms with Gasteiger partial charge >= 0.3 is 0 Å². The van der Waals surface area contributed by atoms with Crippen molar-refractivity contribution in [2.45, 2.75) is 19.4 Å². The zero-order valence-electron chi connectivity index (χ0n) is 10.8. The van der Waals surface area contributed by atoms with Gasteiger partial charge in [0, 0.05) is 33.7 Å². The minimum absolute atomic E-state index is 0.491. The zero-order chi connectivity index (χ0) is 12.9. The molecule has 0 amide bonds. The summed E-state index contributed by atoms with van der Waals surface area (Å²) < 4.78 is 2.51. The Labute approximate surface area is 121 Å². The van der Waals surface area contributed by atoms with Crippen molar-refractivity contribution in [3.63, 3.8) is 0 Å². The third kappa shape index (κ3) is 1.73. The molecule has 1 saturated carbocycles. The number of rotatable bonds is 3. The molecule has 0 radical (unpaired) electrons. The van der Waals surface area contributed by atoms with Gasteiger partial charge in [-0.2, -0.15) is 0 Å². The van der Waals surface area contributed by atoms with Crippen molar-refractivity contribution in [1.29, 1.82) is 0 Å². The molecule has 0 N–H and O–H groups in total. The average molecular weight is 314 g/mol. The van der Waals surface area contributed by atoms with Gasteiger partial charge < -0.3 is 4.57 Å². The Balaban J connectivity index is 2.00. The zero-order valence-corrected chi connectivity index (χ0v) is 12.4. The van der Waals surface area contributed by atoms with Crippen molar-refractivity contribution in [2.75, 3.05) is 5.33 Å². The van der Waals surface area contributed by atoms with Gasteiger partial charge in [0.1, 0.15) is 0 Å². The summed E-state index contributed by atoms with van der Waals surface area (Å²) in [5, 5.41) is 3.87. The summed E-state index contributed by atoms with van der Waals surface area (Å²) in [6.07, 6.45) is 2.69. The molecule has 1 aliphatic rings. The van der Waals surface area contributed by atoms with E-state index in [1.807, 2.05) is 0 Å². The maximum absolute atomic E-state index is 3.69. The Kier molecular flexibility index (Phi) is 2.49. The summed E-state index contributed by atoms with van der Waals surface area (Å²) in [6, 6.07) is 17.5. The quantitative estimate of drug-likeness (QED) is 0.602. The highest BCUT2D eigenvalue weighted by Crippen LogP contribution is 2.49. The molecule has 0 atom stereocenters. The summed E-state index contributed by atoms with van der Waals surface area (Å²) in [6.45, 7) is 1.13. The van der Waals surface area contributed by atoms with Gasteiger partial charge in [-0.05, 0) is 30.4 Å². The van der Waals surface area contributed by atoms with Gasteiger partial charge in [0.2, 0.25) is 0 Å².